The van der Waals surface area contributed by atoms with E-state index < -0.39 is 0 Å². The summed E-state index contributed by atoms with van der Waals surface area (Å²) in [5, 5.41) is 4.27. The molecule has 2 rings (SSSR count). The molecule has 0 aromatic heterocycles. The number of benzene rings is 2. The van der Waals surface area contributed by atoms with Crippen molar-refractivity contribution in [3.8, 4) is 0 Å². The predicted molar refractivity (Wildman–Crippen MR) is 94.2 cm³/mol. The van der Waals surface area contributed by atoms with Crippen molar-refractivity contribution in [2.75, 3.05) is 6.54 Å². The van der Waals surface area contributed by atoms with Gasteiger partial charge >= 0.3 is 0 Å². The average Bonchev–Trinajstić information content (AvgIpc) is 2.48. The van der Waals surface area contributed by atoms with Crippen LogP contribution in [-0.2, 0) is 12.3 Å². The highest BCUT2D eigenvalue weighted by molar-refractivity contribution is 7.98. The van der Waals surface area contributed by atoms with Crippen LogP contribution >= 0.6 is 23.4 Å². The van der Waals surface area contributed by atoms with Gasteiger partial charge < -0.3 is 5.32 Å². The number of hydrogen-bond acceptors (Lipinski definition) is 2. The monoisotopic (exact) mass is 319 g/mol. The lowest BCUT2D eigenvalue weighted by molar-refractivity contribution is 0.669. The van der Waals surface area contributed by atoms with Crippen LogP contribution in [0.4, 0.5) is 0 Å². The van der Waals surface area contributed by atoms with E-state index in [9.17, 15) is 0 Å². The Hall–Kier alpha value is -0.960. The molecular formula is C18H22ClNS. The van der Waals surface area contributed by atoms with Crippen molar-refractivity contribution in [3.63, 3.8) is 0 Å². The van der Waals surface area contributed by atoms with E-state index in [1.165, 1.54) is 21.6 Å². The molecule has 0 heterocycles. The van der Waals surface area contributed by atoms with Gasteiger partial charge in [-0.2, -0.15) is 0 Å². The molecule has 0 aliphatic rings. The summed E-state index contributed by atoms with van der Waals surface area (Å²) in [5.74, 6) is 0.995. The van der Waals surface area contributed by atoms with Crippen molar-refractivity contribution in [3.05, 3.63) is 64.2 Å². The van der Waals surface area contributed by atoms with Gasteiger partial charge in [0.1, 0.15) is 0 Å². The van der Waals surface area contributed by atoms with E-state index >= 15 is 0 Å². The van der Waals surface area contributed by atoms with Gasteiger partial charge in [-0.05, 0) is 54.8 Å². The Balaban J connectivity index is 2.06. The van der Waals surface area contributed by atoms with Crippen LogP contribution in [0.3, 0.4) is 0 Å². The third-order valence-electron chi connectivity index (χ3n) is 3.41. The van der Waals surface area contributed by atoms with E-state index in [2.05, 4.69) is 55.6 Å². The Morgan fingerprint density at radius 1 is 1.10 bits per heavy atom. The van der Waals surface area contributed by atoms with Crippen LogP contribution in [0.5, 0.6) is 0 Å². The molecule has 0 saturated carbocycles. The molecule has 0 bridgehead atoms. The summed E-state index contributed by atoms with van der Waals surface area (Å²) in [5.41, 5.74) is 4.03. The molecule has 2 aromatic carbocycles. The fraction of sp³-hybridized carbons (Fsp3) is 0.333. The van der Waals surface area contributed by atoms with Crippen molar-refractivity contribution >= 4 is 23.4 Å². The zero-order chi connectivity index (χ0) is 15.1. The van der Waals surface area contributed by atoms with Gasteiger partial charge in [0.05, 0.1) is 0 Å². The maximum Gasteiger partial charge on any atom is 0.0410 e. The van der Waals surface area contributed by atoms with Crippen molar-refractivity contribution in [1.82, 2.24) is 5.32 Å². The number of rotatable bonds is 7. The Labute approximate surface area is 137 Å². The molecule has 0 amide bonds. The lowest BCUT2D eigenvalue weighted by Gasteiger charge is -2.11. The Kier molecular flexibility index (Phi) is 6.62. The standard InChI is InChI=1S/C18H22ClNS/c1-3-10-20-12-16-11-17(19)8-9-18(16)21-13-15-7-5-4-6-14(15)2/h4-9,11,20H,3,10,12-13H2,1-2H3. The minimum absolute atomic E-state index is 0.809. The SMILES string of the molecule is CCCNCc1cc(Cl)ccc1SCc1ccccc1C. The van der Waals surface area contributed by atoms with Crippen LogP contribution in [0.25, 0.3) is 0 Å². The summed E-state index contributed by atoms with van der Waals surface area (Å²) in [6, 6.07) is 14.7. The number of nitrogens with one attached hydrogen (secondary N) is 1. The van der Waals surface area contributed by atoms with Crippen LogP contribution in [0, 0.1) is 6.92 Å². The Morgan fingerprint density at radius 2 is 1.90 bits per heavy atom. The summed E-state index contributed by atoms with van der Waals surface area (Å²) in [6.45, 7) is 6.26. The van der Waals surface area contributed by atoms with Gasteiger partial charge in [0.2, 0.25) is 0 Å². The van der Waals surface area contributed by atoms with Gasteiger partial charge in [0.15, 0.2) is 0 Å². The summed E-state index contributed by atoms with van der Waals surface area (Å²) in [7, 11) is 0. The highest BCUT2D eigenvalue weighted by Gasteiger charge is 2.06. The molecule has 21 heavy (non-hydrogen) atoms. The molecule has 0 aliphatic heterocycles. The van der Waals surface area contributed by atoms with Gasteiger partial charge in [-0.3, -0.25) is 0 Å². The van der Waals surface area contributed by atoms with Crippen molar-refractivity contribution in [1.29, 1.82) is 0 Å². The zero-order valence-electron chi connectivity index (χ0n) is 12.7. The van der Waals surface area contributed by atoms with Crippen molar-refractivity contribution in [2.45, 2.75) is 37.5 Å². The highest BCUT2D eigenvalue weighted by atomic mass is 35.5. The van der Waals surface area contributed by atoms with E-state index in [-0.39, 0.29) is 0 Å². The summed E-state index contributed by atoms with van der Waals surface area (Å²) >= 11 is 8.02. The molecule has 1 N–H and O–H groups in total. The molecule has 0 aliphatic carbocycles. The lowest BCUT2D eigenvalue weighted by Crippen LogP contribution is -2.14. The lowest BCUT2D eigenvalue weighted by atomic mass is 10.1. The van der Waals surface area contributed by atoms with E-state index in [1.807, 2.05) is 17.8 Å². The molecule has 0 fully saturated rings. The van der Waals surface area contributed by atoms with Gasteiger partial charge in [0.25, 0.3) is 0 Å². The molecular weight excluding hydrogens is 298 g/mol. The quantitative estimate of drug-likeness (QED) is 0.538. The molecule has 0 unspecified atom stereocenters. The number of aryl methyl sites for hydroxylation is 1. The smallest absolute Gasteiger partial charge is 0.0410 e. The van der Waals surface area contributed by atoms with Gasteiger partial charge in [-0.15, -0.1) is 11.8 Å². The molecule has 2 aromatic rings. The average molecular weight is 320 g/mol. The highest BCUT2D eigenvalue weighted by Crippen LogP contribution is 2.29. The van der Waals surface area contributed by atoms with E-state index in [0.717, 1.165) is 30.3 Å². The van der Waals surface area contributed by atoms with Crippen LogP contribution in [0.2, 0.25) is 5.02 Å². The summed E-state index contributed by atoms with van der Waals surface area (Å²) in [6.07, 6.45) is 1.15. The maximum absolute atomic E-state index is 6.13. The van der Waals surface area contributed by atoms with E-state index in [4.69, 9.17) is 11.6 Å². The summed E-state index contributed by atoms with van der Waals surface area (Å²) < 4.78 is 0. The minimum Gasteiger partial charge on any atom is -0.313 e. The number of hydrogen-bond donors (Lipinski definition) is 1. The topological polar surface area (TPSA) is 12.0 Å². The molecule has 3 heteroatoms. The largest absolute Gasteiger partial charge is 0.313 e. The van der Waals surface area contributed by atoms with E-state index in [0.29, 0.717) is 0 Å². The second kappa shape index (κ2) is 8.47. The first-order valence-electron chi connectivity index (χ1n) is 7.37. The van der Waals surface area contributed by atoms with Gasteiger partial charge in [0, 0.05) is 22.2 Å². The Bertz CT molecular complexity index is 583. The van der Waals surface area contributed by atoms with Gasteiger partial charge in [-0.1, -0.05) is 42.8 Å². The zero-order valence-corrected chi connectivity index (χ0v) is 14.2. The fourth-order valence-electron chi connectivity index (χ4n) is 2.15. The molecule has 112 valence electrons. The second-order valence-corrected chi connectivity index (χ2v) is 6.60. The summed E-state index contributed by atoms with van der Waals surface area (Å²) in [4.78, 5) is 1.31. The molecule has 0 radical (unpaired) electrons. The molecule has 1 nitrogen and oxygen atoms in total. The Morgan fingerprint density at radius 3 is 2.67 bits per heavy atom. The van der Waals surface area contributed by atoms with Crippen LogP contribution in [0.1, 0.15) is 30.0 Å². The van der Waals surface area contributed by atoms with Crippen LogP contribution < -0.4 is 5.32 Å². The molecule has 0 atom stereocenters. The third kappa shape index (κ3) is 5.06. The van der Waals surface area contributed by atoms with Gasteiger partial charge in [-0.25, -0.2) is 0 Å². The molecule has 0 spiro atoms. The van der Waals surface area contributed by atoms with E-state index in [1.54, 1.807) is 0 Å². The normalized spacial score (nSPS) is 10.8. The number of halogens is 1. The predicted octanol–water partition coefficient (Wildman–Crippen LogP) is 5.44. The fourth-order valence-corrected chi connectivity index (χ4v) is 3.46. The third-order valence-corrected chi connectivity index (χ3v) is 4.81. The van der Waals surface area contributed by atoms with Crippen molar-refractivity contribution < 1.29 is 0 Å². The maximum atomic E-state index is 6.13. The second-order valence-electron chi connectivity index (χ2n) is 5.14. The van der Waals surface area contributed by atoms with Crippen LogP contribution in [0.15, 0.2) is 47.4 Å². The van der Waals surface area contributed by atoms with Crippen molar-refractivity contribution in [2.24, 2.45) is 0 Å². The first kappa shape index (κ1) is 16.4. The first-order chi connectivity index (χ1) is 10.2. The number of thioether (sulfide) groups is 1. The minimum atomic E-state index is 0.809. The molecule has 0 saturated heterocycles. The van der Waals surface area contributed by atoms with Crippen LogP contribution in [-0.4, -0.2) is 6.54 Å². The first-order valence-corrected chi connectivity index (χ1v) is 8.73.